The summed E-state index contributed by atoms with van der Waals surface area (Å²) in [5.41, 5.74) is 2.61. The van der Waals surface area contributed by atoms with E-state index < -0.39 is 0 Å². The number of nitrogens with zero attached hydrogens (tertiary/aromatic N) is 2. The van der Waals surface area contributed by atoms with E-state index in [-0.39, 0.29) is 29.6 Å². The second kappa shape index (κ2) is 8.12. The Morgan fingerprint density at radius 1 is 1.11 bits per heavy atom. The standard InChI is InChI=1S/C22H23N3O.ClH/c23-14-18-7-4-8-19(13-18)20-16-25(15-17-5-2-1-3-6-17)21(26)22(20)9-11-24-12-10-22;/h1-8,13,20,24H,9-12,15-16H2;1H. The maximum absolute atomic E-state index is 13.5. The van der Waals surface area contributed by atoms with Gasteiger partial charge in [0.2, 0.25) is 5.91 Å². The van der Waals surface area contributed by atoms with Crippen LogP contribution in [0.5, 0.6) is 0 Å². The fourth-order valence-electron chi connectivity index (χ4n) is 4.57. The van der Waals surface area contributed by atoms with Gasteiger partial charge in [0.05, 0.1) is 17.0 Å². The fourth-order valence-corrected chi connectivity index (χ4v) is 4.57. The number of carbonyl (C=O) groups is 1. The van der Waals surface area contributed by atoms with Gasteiger partial charge >= 0.3 is 0 Å². The summed E-state index contributed by atoms with van der Waals surface area (Å²) in [6.45, 7) is 3.13. The van der Waals surface area contributed by atoms with E-state index in [4.69, 9.17) is 0 Å². The third kappa shape index (κ3) is 3.58. The average molecular weight is 382 g/mol. The lowest BCUT2D eigenvalue weighted by molar-refractivity contribution is -0.138. The molecular formula is C22H24ClN3O. The molecule has 1 atom stereocenters. The van der Waals surface area contributed by atoms with Crippen molar-refractivity contribution in [3.8, 4) is 6.07 Å². The summed E-state index contributed by atoms with van der Waals surface area (Å²) in [5.74, 6) is 0.421. The number of carbonyl (C=O) groups excluding carboxylic acids is 1. The zero-order chi connectivity index (χ0) is 18.0. The van der Waals surface area contributed by atoms with Crippen LogP contribution in [0.1, 0.15) is 35.4 Å². The lowest BCUT2D eigenvalue weighted by atomic mass is 9.68. The topological polar surface area (TPSA) is 56.1 Å². The van der Waals surface area contributed by atoms with Crippen molar-refractivity contribution in [3.05, 3.63) is 71.3 Å². The Kier molecular flexibility index (Phi) is 5.84. The van der Waals surface area contributed by atoms with E-state index in [1.165, 1.54) is 0 Å². The molecule has 140 valence electrons. The molecule has 2 aromatic rings. The van der Waals surface area contributed by atoms with Gasteiger partial charge in [-0.1, -0.05) is 42.5 Å². The van der Waals surface area contributed by atoms with Gasteiger partial charge in [0.15, 0.2) is 0 Å². The number of hydrogen-bond donors (Lipinski definition) is 1. The molecule has 1 N–H and O–H groups in total. The van der Waals surface area contributed by atoms with Crippen LogP contribution in [0.15, 0.2) is 54.6 Å². The van der Waals surface area contributed by atoms with Crippen LogP contribution in [-0.2, 0) is 11.3 Å². The second-order valence-corrected chi connectivity index (χ2v) is 7.37. The van der Waals surface area contributed by atoms with Gasteiger partial charge in [0.25, 0.3) is 0 Å². The third-order valence-electron chi connectivity index (χ3n) is 5.91. The molecule has 27 heavy (non-hydrogen) atoms. The first kappa shape index (κ1) is 19.4. The van der Waals surface area contributed by atoms with Crippen LogP contribution in [0.3, 0.4) is 0 Å². The Labute approximate surface area is 166 Å². The van der Waals surface area contributed by atoms with E-state index in [2.05, 4.69) is 29.6 Å². The maximum atomic E-state index is 13.5. The van der Waals surface area contributed by atoms with E-state index in [1.54, 1.807) is 0 Å². The molecule has 4 rings (SSSR count). The summed E-state index contributed by atoms with van der Waals surface area (Å²) in [6.07, 6.45) is 1.72. The molecule has 1 amide bonds. The molecule has 2 heterocycles. The van der Waals surface area contributed by atoms with E-state index in [0.717, 1.165) is 43.6 Å². The number of amides is 1. The van der Waals surface area contributed by atoms with Gasteiger partial charge in [-0.05, 0) is 49.2 Å². The lowest BCUT2D eigenvalue weighted by Crippen LogP contribution is -2.44. The van der Waals surface area contributed by atoms with Crippen molar-refractivity contribution in [3.63, 3.8) is 0 Å². The summed E-state index contributed by atoms with van der Waals surface area (Å²) >= 11 is 0. The molecule has 1 spiro atoms. The highest BCUT2D eigenvalue weighted by Gasteiger charge is 2.54. The molecule has 2 aliphatic heterocycles. The van der Waals surface area contributed by atoms with E-state index >= 15 is 0 Å². The fraction of sp³-hybridized carbons (Fsp3) is 0.364. The van der Waals surface area contributed by atoms with Crippen molar-refractivity contribution in [1.82, 2.24) is 10.2 Å². The van der Waals surface area contributed by atoms with Gasteiger partial charge in [0, 0.05) is 19.0 Å². The molecule has 2 aliphatic rings. The molecule has 2 fully saturated rings. The van der Waals surface area contributed by atoms with Crippen LogP contribution in [-0.4, -0.2) is 30.4 Å². The summed E-state index contributed by atoms with van der Waals surface area (Å²) in [5, 5.41) is 12.7. The maximum Gasteiger partial charge on any atom is 0.229 e. The molecule has 0 bridgehead atoms. The first-order valence-corrected chi connectivity index (χ1v) is 9.27. The summed E-state index contributed by atoms with van der Waals surface area (Å²) < 4.78 is 0. The molecule has 5 heteroatoms. The van der Waals surface area contributed by atoms with Crippen LogP contribution in [0.2, 0.25) is 0 Å². The van der Waals surface area contributed by atoms with Gasteiger partial charge in [-0.15, -0.1) is 12.4 Å². The second-order valence-electron chi connectivity index (χ2n) is 7.37. The predicted octanol–water partition coefficient (Wildman–Crippen LogP) is 3.48. The number of rotatable bonds is 3. The summed E-state index contributed by atoms with van der Waals surface area (Å²) in [4.78, 5) is 15.5. The molecule has 2 saturated heterocycles. The summed E-state index contributed by atoms with van der Waals surface area (Å²) in [7, 11) is 0. The van der Waals surface area contributed by atoms with Crippen LogP contribution in [0.25, 0.3) is 0 Å². The van der Waals surface area contributed by atoms with Crippen molar-refractivity contribution in [2.24, 2.45) is 5.41 Å². The number of nitrogens with one attached hydrogen (secondary N) is 1. The Bertz CT molecular complexity index is 840. The molecule has 2 aromatic carbocycles. The number of hydrogen-bond acceptors (Lipinski definition) is 3. The highest BCUT2D eigenvalue weighted by atomic mass is 35.5. The number of nitriles is 1. The third-order valence-corrected chi connectivity index (χ3v) is 5.91. The number of benzene rings is 2. The molecule has 4 nitrogen and oxygen atoms in total. The van der Waals surface area contributed by atoms with Gasteiger partial charge in [-0.25, -0.2) is 0 Å². The van der Waals surface area contributed by atoms with Gasteiger partial charge in [-0.3, -0.25) is 4.79 Å². The Morgan fingerprint density at radius 3 is 2.56 bits per heavy atom. The first-order chi connectivity index (χ1) is 12.7. The molecule has 0 radical (unpaired) electrons. The van der Waals surface area contributed by atoms with Crippen molar-refractivity contribution in [1.29, 1.82) is 5.26 Å². The van der Waals surface area contributed by atoms with Gasteiger partial charge < -0.3 is 10.2 Å². The molecule has 1 unspecified atom stereocenters. The molecule has 0 aromatic heterocycles. The first-order valence-electron chi connectivity index (χ1n) is 9.27. The SMILES string of the molecule is Cl.N#Cc1cccc(C2CN(Cc3ccccc3)C(=O)C23CCNCC3)c1. The monoisotopic (exact) mass is 381 g/mol. The predicted molar refractivity (Wildman–Crippen MR) is 108 cm³/mol. The minimum absolute atomic E-state index is 0. The van der Waals surface area contributed by atoms with E-state index in [9.17, 15) is 10.1 Å². The van der Waals surface area contributed by atoms with Crippen molar-refractivity contribution >= 4 is 18.3 Å². The van der Waals surface area contributed by atoms with Gasteiger partial charge in [-0.2, -0.15) is 5.26 Å². The zero-order valence-corrected chi connectivity index (χ0v) is 16.0. The normalized spacial score (nSPS) is 20.9. The zero-order valence-electron chi connectivity index (χ0n) is 15.2. The van der Waals surface area contributed by atoms with Crippen LogP contribution < -0.4 is 5.32 Å². The van der Waals surface area contributed by atoms with Crippen molar-refractivity contribution in [2.45, 2.75) is 25.3 Å². The van der Waals surface area contributed by atoms with Crippen molar-refractivity contribution < 1.29 is 4.79 Å². The van der Waals surface area contributed by atoms with Crippen LogP contribution >= 0.6 is 12.4 Å². The molecule has 0 saturated carbocycles. The van der Waals surface area contributed by atoms with Crippen molar-refractivity contribution in [2.75, 3.05) is 19.6 Å². The minimum Gasteiger partial charge on any atom is -0.337 e. The Morgan fingerprint density at radius 2 is 1.85 bits per heavy atom. The van der Waals surface area contributed by atoms with Gasteiger partial charge in [0.1, 0.15) is 0 Å². The number of likely N-dealkylation sites (tertiary alicyclic amines) is 1. The minimum atomic E-state index is -0.339. The van der Waals surface area contributed by atoms with E-state index in [1.807, 2.05) is 41.3 Å². The van der Waals surface area contributed by atoms with E-state index in [0.29, 0.717) is 12.1 Å². The highest BCUT2D eigenvalue weighted by Crippen LogP contribution is 2.50. The highest BCUT2D eigenvalue weighted by molar-refractivity contribution is 5.87. The molecular weight excluding hydrogens is 358 g/mol. The Balaban J connectivity index is 0.00000210. The van der Waals surface area contributed by atoms with Crippen LogP contribution in [0.4, 0.5) is 0 Å². The summed E-state index contributed by atoms with van der Waals surface area (Å²) in [6, 6.07) is 20.2. The average Bonchev–Trinajstić information content (AvgIpc) is 2.95. The quantitative estimate of drug-likeness (QED) is 0.885. The Hall–Kier alpha value is -2.35. The van der Waals surface area contributed by atoms with Crippen LogP contribution in [0, 0.1) is 16.7 Å². The molecule has 0 aliphatic carbocycles. The number of piperidine rings is 1. The largest absolute Gasteiger partial charge is 0.337 e. The lowest BCUT2D eigenvalue weighted by Gasteiger charge is -2.37. The number of halogens is 1. The smallest absolute Gasteiger partial charge is 0.229 e.